The van der Waals surface area contributed by atoms with E-state index in [9.17, 15) is 4.79 Å². The van der Waals surface area contributed by atoms with Gasteiger partial charge in [-0.1, -0.05) is 6.07 Å². The normalized spacial score (nSPS) is 14.9. The fourth-order valence-electron chi connectivity index (χ4n) is 4.63. The number of H-pyrrole nitrogens is 1. The number of hydrogen-bond donors (Lipinski definition) is 1. The molecule has 0 spiro atoms. The topological polar surface area (TPSA) is 70.7 Å². The van der Waals surface area contributed by atoms with Crippen molar-refractivity contribution in [3.63, 3.8) is 0 Å². The number of nitrogens with one attached hydrogen (secondary N) is 1. The number of amides is 1. The van der Waals surface area contributed by atoms with E-state index in [4.69, 9.17) is 14.5 Å². The van der Waals surface area contributed by atoms with Gasteiger partial charge in [-0.15, -0.1) is 0 Å². The molecule has 0 aliphatic carbocycles. The van der Waals surface area contributed by atoms with E-state index in [1.807, 2.05) is 42.2 Å². The summed E-state index contributed by atoms with van der Waals surface area (Å²) in [4.78, 5) is 24.5. The predicted molar refractivity (Wildman–Crippen MR) is 126 cm³/mol. The van der Waals surface area contributed by atoms with Gasteiger partial charge in [0.1, 0.15) is 0 Å². The Bertz CT molecular complexity index is 1110. The summed E-state index contributed by atoms with van der Waals surface area (Å²) in [6.07, 6.45) is 3.81. The van der Waals surface area contributed by atoms with Crippen LogP contribution >= 0.6 is 0 Å². The molecule has 1 aliphatic rings. The number of carbonyl (C=O) groups excluding carboxylic acids is 1. The second-order valence-electron chi connectivity index (χ2n) is 8.74. The standard InChI is InChI=1S/C25H32N4O3/c1-16-25(18-6-7-22(31-4)23(12-18)32-5)19-13-20(26-14-21(19)27-16)17-8-10-29(11-9-17)24(30)15-28(2)3/h6-7,12-14,17,27H,8-11,15H2,1-5H3. The molecule has 0 atom stereocenters. The van der Waals surface area contributed by atoms with Crippen molar-refractivity contribution in [1.82, 2.24) is 19.8 Å². The summed E-state index contributed by atoms with van der Waals surface area (Å²) in [6.45, 7) is 4.12. The predicted octanol–water partition coefficient (Wildman–Crippen LogP) is 3.82. The van der Waals surface area contributed by atoms with Gasteiger partial charge in [0.25, 0.3) is 0 Å². The van der Waals surface area contributed by atoms with Crippen LogP contribution < -0.4 is 9.47 Å². The number of ether oxygens (including phenoxy) is 2. The average Bonchev–Trinajstić information content (AvgIpc) is 3.13. The van der Waals surface area contributed by atoms with Crippen molar-refractivity contribution >= 4 is 16.8 Å². The molecule has 1 fully saturated rings. The number of pyridine rings is 1. The van der Waals surface area contributed by atoms with Crippen LogP contribution in [0.5, 0.6) is 11.5 Å². The lowest BCUT2D eigenvalue weighted by Crippen LogP contribution is -2.42. The average molecular weight is 437 g/mol. The molecule has 1 amide bonds. The van der Waals surface area contributed by atoms with E-state index in [0.29, 0.717) is 24.0 Å². The highest BCUT2D eigenvalue weighted by Gasteiger charge is 2.25. The Balaban J connectivity index is 1.61. The van der Waals surface area contributed by atoms with Crippen molar-refractivity contribution in [3.8, 4) is 22.6 Å². The summed E-state index contributed by atoms with van der Waals surface area (Å²) >= 11 is 0. The number of piperidine rings is 1. The minimum Gasteiger partial charge on any atom is -0.493 e. The van der Waals surface area contributed by atoms with E-state index in [2.05, 4.69) is 24.0 Å². The number of likely N-dealkylation sites (tertiary alicyclic amines) is 1. The molecule has 1 saturated heterocycles. The van der Waals surface area contributed by atoms with Gasteiger partial charge in [0.2, 0.25) is 5.91 Å². The van der Waals surface area contributed by atoms with Gasteiger partial charge in [-0.3, -0.25) is 9.78 Å². The highest BCUT2D eigenvalue weighted by molar-refractivity contribution is 5.97. The van der Waals surface area contributed by atoms with Gasteiger partial charge in [-0.2, -0.15) is 0 Å². The van der Waals surface area contributed by atoms with Crippen LogP contribution in [0.4, 0.5) is 0 Å². The lowest BCUT2D eigenvalue weighted by Gasteiger charge is -2.32. The Morgan fingerprint density at radius 2 is 1.88 bits per heavy atom. The van der Waals surface area contributed by atoms with Crippen molar-refractivity contribution in [2.45, 2.75) is 25.7 Å². The molecule has 3 heterocycles. The largest absolute Gasteiger partial charge is 0.493 e. The van der Waals surface area contributed by atoms with Crippen LogP contribution in [0.25, 0.3) is 22.0 Å². The molecule has 0 saturated carbocycles. The van der Waals surface area contributed by atoms with Gasteiger partial charge >= 0.3 is 0 Å². The lowest BCUT2D eigenvalue weighted by molar-refractivity contribution is -0.132. The number of likely N-dealkylation sites (N-methyl/N-ethyl adjacent to an activating group) is 1. The number of hydrogen-bond acceptors (Lipinski definition) is 5. The molecule has 0 unspecified atom stereocenters. The van der Waals surface area contributed by atoms with Gasteiger partial charge < -0.3 is 24.3 Å². The number of benzene rings is 1. The highest BCUT2D eigenvalue weighted by Crippen LogP contribution is 2.38. The fourth-order valence-corrected chi connectivity index (χ4v) is 4.63. The molecule has 1 N–H and O–H groups in total. The van der Waals surface area contributed by atoms with Gasteiger partial charge in [0.05, 0.1) is 32.5 Å². The van der Waals surface area contributed by atoms with E-state index < -0.39 is 0 Å². The van der Waals surface area contributed by atoms with Gasteiger partial charge in [0.15, 0.2) is 11.5 Å². The van der Waals surface area contributed by atoms with E-state index >= 15 is 0 Å². The summed E-state index contributed by atoms with van der Waals surface area (Å²) in [6, 6.07) is 8.23. The maximum absolute atomic E-state index is 12.4. The van der Waals surface area contributed by atoms with Crippen molar-refractivity contribution < 1.29 is 14.3 Å². The zero-order valence-corrected chi connectivity index (χ0v) is 19.6. The molecule has 170 valence electrons. The van der Waals surface area contributed by atoms with Crippen LogP contribution in [-0.4, -0.2) is 73.6 Å². The Kier molecular flexibility index (Phi) is 6.37. The van der Waals surface area contributed by atoms with Crippen molar-refractivity contribution in [1.29, 1.82) is 0 Å². The summed E-state index contributed by atoms with van der Waals surface area (Å²) in [5.41, 5.74) is 5.44. The van der Waals surface area contributed by atoms with E-state index in [1.54, 1.807) is 14.2 Å². The molecule has 32 heavy (non-hydrogen) atoms. The van der Waals surface area contributed by atoms with Crippen LogP contribution in [-0.2, 0) is 4.79 Å². The first kappa shape index (κ1) is 22.1. The van der Waals surface area contributed by atoms with Crippen molar-refractivity contribution in [3.05, 3.63) is 41.9 Å². The molecular formula is C25H32N4O3. The number of aryl methyl sites for hydroxylation is 1. The number of methoxy groups -OCH3 is 2. The van der Waals surface area contributed by atoms with Crippen LogP contribution in [0, 0.1) is 6.92 Å². The number of carbonyl (C=O) groups is 1. The smallest absolute Gasteiger partial charge is 0.236 e. The van der Waals surface area contributed by atoms with E-state index in [0.717, 1.165) is 59.3 Å². The summed E-state index contributed by atoms with van der Waals surface area (Å²) in [7, 11) is 7.16. The molecule has 0 bridgehead atoms. The summed E-state index contributed by atoms with van der Waals surface area (Å²) in [5.74, 6) is 1.99. The number of fused-ring (bicyclic) bond motifs is 1. The first-order valence-electron chi connectivity index (χ1n) is 11.0. The van der Waals surface area contributed by atoms with Gasteiger partial charge in [0, 0.05) is 41.3 Å². The molecular weight excluding hydrogens is 404 g/mol. The maximum Gasteiger partial charge on any atom is 0.236 e. The third-order valence-corrected chi connectivity index (χ3v) is 6.28. The van der Waals surface area contributed by atoms with Gasteiger partial charge in [-0.25, -0.2) is 0 Å². The molecule has 1 aliphatic heterocycles. The van der Waals surface area contributed by atoms with Crippen molar-refractivity contribution in [2.24, 2.45) is 0 Å². The minimum absolute atomic E-state index is 0.203. The summed E-state index contributed by atoms with van der Waals surface area (Å²) in [5, 5.41) is 1.16. The molecule has 4 rings (SSSR count). The second kappa shape index (κ2) is 9.20. The number of aromatic nitrogens is 2. The van der Waals surface area contributed by atoms with Crippen molar-refractivity contribution in [2.75, 3.05) is 47.9 Å². The molecule has 7 heteroatoms. The third kappa shape index (κ3) is 4.30. The number of nitrogens with zero attached hydrogens (tertiary/aromatic N) is 3. The van der Waals surface area contributed by atoms with Crippen LogP contribution in [0.1, 0.15) is 30.1 Å². The van der Waals surface area contributed by atoms with Crippen LogP contribution in [0.3, 0.4) is 0 Å². The second-order valence-corrected chi connectivity index (χ2v) is 8.74. The van der Waals surface area contributed by atoms with Gasteiger partial charge in [-0.05, 0) is 57.6 Å². The quantitative estimate of drug-likeness (QED) is 0.636. The molecule has 2 aromatic heterocycles. The SMILES string of the molecule is COc1ccc(-c2c(C)[nH]c3cnc(C4CCN(C(=O)CN(C)C)CC4)cc23)cc1OC. The Morgan fingerprint density at radius 1 is 1.16 bits per heavy atom. The summed E-state index contributed by atoms with van der Waals surface area (Å²) < 4.78 is 10.9. The lowest BCUT2D eigenvalue weighted by atomic mass is 9.91. The zero-order chi connectivity index (χ0) is 22.8. The third-order valence-electron chi connectivity index (χ3n) is 6.28. The number of aromatic amines is 1. The zero-order valence-electron chi connectivity index (χ0n) is 19.6. The molecule has 0 radical (unpaired) electrons. The van der Waals surface area contributed by atoms with Crippen LogP contribution in [0.2, 0.25) is 0 Å². The minimum atomic E-state index is 0.203. The van der Waals surface area contributed by atoms with E-state index in [1.165, 1.54) is 0 Å². The van der Waals surface area contributed by atoms with Crippen LogP contribution in [0.15, 0.2) is 30.5 Å². The Labute approximate surface area is 189 Å². The number of rotatable bonds is 6. The highest BCUT2D eigenvalue weighted by atomic mass is 16.5. The molecule has 3 aromatic rings. The molecule has 7 nitrogen and oxygen atoms in total. The fraction of sp³-hybridized carbons (Fsp3) is 0.440. The Morgan fingerprint density at radius 3 is 2.53 bits per heavy atom. The monoisotopic (exact) mass is 436 g/mol. The Hall–Kier alpha value is -3.06. The van der Waals surface area contributed by atoms with E-state index in [-0.39, 0.29) is 5.91 Å². The first-order chi connectivity index (χ1) is 15.4. The maximum atomic E-state index is 12.4. The first-order valence-corrected chi connectivity index (χ1v) is 11.0. The molecule has 1 aromatic carbocycles.